The smallest absolute Gasteiger partial charge is 0.416 e. The summed E-state index contributed by atoms with van der Waals surface area (Å²) in [6.07, 6.45) is -4.48. The van der Waals surface area contributed by atoms with E-state index >= 15 is 0 Å². The molecule has 0 aliphatic heterocycles. The summed E-state index contributed by atoms with van der Waals surface area (Å²) in [5.74, 6) is 0.747. The van der Waals surface area contributed by atoms with E-state index in [1.54, 1.807) is 45.0 Å². The summed E-state index contributed by atoms with van der Waals surface area (Å²) in [6, 6.07) is 9.96. The lowest BCUT2D eigenvalue weighted by Crippen LogP contribution is -2.16. The lowest BCUT2D eigenvalue weighted by atomic mass is 10.1. The predicted octanol–water partition coefficient (Wildman–Crippen LogP) is 3.98. The van der Waals surface area contributed by atoms with Crippen LogP contribution in [0.4, 0.5) is 18.9 Å². The Morgan fingerprint density at radius 2 is 1.86 bits per heavy atom. The standard InChI is InChI=1S/C23H22F3N7O2/c1-13-19(14(2)32(29-13)18-7-5-6-16(10-18)23(24,25)26)12-22(34)27-17-8-9-21(35-4)20(11-17)33-15(3)28-30-31-33/h5-11H,12H2,1-4H3,(H,27,34). The molecule has 2 aromatic heterocycles. The Morgan fingerprint density at radius 1 is 1.09 bits per heavy atom. The molecule has 0 aliphatic carbocycles. The van der Waals surface area contributed by atoms with Gasteiger partial charge in [-0.15, -0.1) is 5.10 Å². The van der Waals surface area contributed by atoms with Gasteiger partial charge in [-0.3, -0.25) is 4.79 Å². The minimum absolute atomic E-state index is 0.0120. The van der Waals surface area contributed by atoms with Crippen molar-refractivity contribution in [1.82, 2.24) is 30.0 Å². The van der Waals surface area contributed by atoms with Crippen molar-refractivity contribution < 1.29 is 22.7 Å². The number of hydrogen-bond donors (Lipinski definition) is 1. The number of hydrogen-bond acceptors (Lipinski definition) is 6. The fourth-order valence-electron chi connectivity index (χ4n) is 3.75. The number of alkyl halides is 3. The molecular formula is C23H22F3N7O2. The maximum Gasteiger partial charge on any atom is 0.416 e. The molecule has 4 rings (SSSR count). The lowest BCUT2D eigenvalue weighted by Gasteiger charge is -2.12. The van der Waals surface area contributed by atoms with Gasteiger partial charge in [0, 0.05) is 16.9 Å². The molecule has 2 aromatic carbocycles. The van der Waals surface area contributed by atoms with E-state index in [2.05, 4.69) is 25.9 Å². The van der Waals surface area contributed by atoms with Crippen molar-refractivity contribution in [2.24, 2.45) is 0 Å². The Balaban J connectivity index is 1.57. The van der Waals surface area contributed by atoms with Crippen molar-refractivity contribution >= 4 is 11.6 Å². The van der Waals surface area contributed by atoms with Crippen LogP contribution in [0.1, 0.15) is 28.3 Å². The number of nitrogens with one attached hydrogen (secondary N) is 1. The number of benzene rings is 2. The third-order valence-corrected chi connectivity index (χ3v) is 5.51. The molecular weight excluding hydrogens is 463 g/mol. The molecule has 0 saturated heterocycles. The van der Waals surface area contributed by atoms with Crippen molar-refractivity contribution in [3.63, 3.8) is 0 Å². The molecule has 182 valence electrons. The van der Waals surface area contributed by atoms with Gasteiger partial charge in [-0.2, -0.15) is 23.0 Å². The summed E-state index contributed by atoms with van der Waals surface area (Å²) in [7, 11) is 1.52. The molecule has 4 aromatic rings. The van der Waals surface area contributed by atoms with Crippen LogP contribution in [0.25, 0.3) is 11.4 Å². The second kappa shape index (κ2) is 9.20. The van der Waals surface area contributed by atoms with Crippen molar-refractivity contribution in [2.75, 3.05) is 12.4 Å². The Labute approximate surface area is 198 Å². The summed E-state index contributed by atoms with van der Waals surface area (Å²) in [5, 5.41) is 18.6. The molecule has 0 saturated carbocycles. The van der Waals surface area contributed by atoms with Gasteiger partial charge in [0.1, 0.15) is 11.4 Å². The van der Waals surface area contributed by atoms with Crippen molar-refractivity contribution in [3.8, 4) is 17.1 Å². The fraction of sp³-hybridized carbons (Fsp3) is 0.261. The van der Waals surface area contributed by atoms with Gasteiger partial charge in [0.05, 0.1) is 30.5 Å². The number of ether oxygens (including phenoxy) is 1. The van der Waals surface area contributed by atoms with Gasteiger partial charge in [0.2, 0.25) is 5.91 Å². The van der Waals surface area contributed by atoms with Crippen LogP contribution in [0.5, 0.6) is 5.75 Å². The number of amides is 1. The van der Waals surface area contributed by atoms with Crippen LogP contribution in [0.15, 0.2) is 42.5 Å². The zero-order valence-electron chi connectivity index (χ0n) is 19.4. The number of nitrogens with zero attached hydrogens (tertiary/aromatic N) is 6. The summed E-state index contributed by atoms with van der Waals surface area (Å²) in [5.41, 5.74) is 2.31. The van der Waals surface area contributed by atoms with Gasteiger partial charge in [-0.1, -0.05) is 6.07 Å². The predicted molar refractivity (Wildman–Crippen MR) is 121 cm³/mol. The van der Waals surface area contributed by atoms with Gasteiger partial charge in [-0.25, -0.2) is 4.68 Å². The maximum atomic E-state index is 13.1. The highest BCUT2D eigenvalue weighted by atomic mass is 19.4. The van der Waals surface area contributed by atoms with Crippen LogP contribution in [-0.4, -0.2) is 43.0 Å². The Kier molecular flexibility index (Phi) is 6.29. The Bertz CT molecular complexity index is 1390. The normalized spacial score (nSPS) is 11.5. The van der Waals surface area contributed by atoms with E-state index in [9.17, 15) is 18.0 Å². The Morgan fingerprint density at radius 3 is 2.51 bits per heavy atom. The first-order chi connectivity index (χ1) is 16.6. The van der Waals surface area contributed by atoms with Gasteiger partial charge in [0.15, 0.2) is 5.82 Å². The second-order valence-corrected chi connectivity index (χ2v) is 7.86. The quantitative estimate of drug-likeness (QED) is 0.444. The van der Waals surface area contributed by atoms with E-state index in [0.29, 0.717) is 39.9 Å². The minimum Gasteiger partial charge on any atom is -0.494 e. The Hall–Kier alpha value is -4.22. The number of aromatic nitrogens is 6. The number of anilines is 1. The summed E-state index contributed by atoms with van der Waals surface area (Å²) in [4.78, 5) is 12.9. The molecule has 9 nitrogen and oxygen atoms in total. The molecule has 12 heteroatoms. The molecule has 0 spiro atoms. The van der Waals surface area contributed by atoms with E-state index < -0.39 is 11.7 Å². The number of methoxy groups -OCH3 is 1. The zero-order chi connectivity index (χ0) is 25.3. The van der Waals surface area contributed by atoms with Crippen molar-refractivity contribution in [2.45, 2.75) is 33.4 Å². The molecule has 0 aliphatic rings. The number of aryl methyl sites for hydroxylation is 2. The van der Waals surface area contributed by atoms with Gasteiger partial charge in [-0.05, 0) is 67.6 Å². The molecule has 1 amide bonds. The molecule has 0 atom stereocenters. The second-order valence-electron chi connectivity index (χ2n) is 7.86. The number of rotatable bonds is 6. The number of carbonyl (C=O) groups is 1. The maximum absolute atomic E-state index is 13.1. The summed E-state index contributed by atoms with van der Waals surface area (Å²) < 4.78 is 47.7. The van der Waals surface area contributed by atoms with E-state index in [4.69, 9.17) is 4.74 Å². The molecule has 0 fully saturated rings. The highest BCUT2D eigenvalue weighted by Gasteiger charge is 2.31. The summed E-state index contributed by atoms with van der Waals surface area (Å²) >= 11 is 0. The van der Waals surface area contributed by atoms with E-state index in [0.717, 1.165) is 12.1 Å². The largest absolute Gasteiger partial charge is 0.494 e. The average Bonchev–Trinajstić information content (AvgIpc) is 3.36. The van der Waals surface area contributed by atoms with Gasteiger partial charge < -0.3 is 10.1 Å². The molecule has 0 bridgehead atoms. The third-order valence-electron chi connectivity index (χ3n) is 5.51. The van der Waals surface area contributed by atoms with Crippen LogP contribution < -0.4 is 10.1 Å². The topological polar surface area (TPSA) is 99.8 Å². The molecule has 2 heterocycles. The SMILES string of the molecule is COc1ccc(NC(=O)Cc2c(C)nn(-c3cccc(C(F)(F)F)c3)c2C)cc1-n1nnnc1C. The molecule has 0 unspecified atom stereocenters. The molecule has 35 heavy (non-hydrogen) atoms. The minimum atomic E-state index is -4.47. The third kappa shape index (κ3) is 4.86. The van der Waals surface area contributed by atoms with Crippen LogP contribution in [0.3, 0.4) is 0 Å². The number of halogens is 3. The zero-order valence-corrected chi connectivity index (χ0v) is 19.4. The van der Waals surface area contributed by atoms with Crippen molar-refractivity contribution in [3.05, 3.63) is 70.8 Å². The first kappa shape index (κ1) is 23.9. The molecule has 0 radical (unpaired) electrons. The summed E-state index contributed by atoms with van der Waals surface area (Å²) in [6.45, 7) is 5.17. The monoisotopic (exact) mass is 485 g/mol. The van der Waals surface area contributed by atoms with Crippen LogP contribution in [0.2, 0.25) is 0 Å². The highest BCUT2D eigenvalue weighted by molar-refractivity contribution is 5.93. The fourth-order valence-corrected chi connectivity index (χ4v) is 3.75. The van der Waals surface area contributed by atoms with E-state index in [1.807, 2.05) is 0 Å². The highest BCUT2D eigenvalue weighted by Crippen LogP contribution is 2.31. The van der Waals surface area contributed by atoms with Gasteiger partial charge >= 0.3 is 6.18 Å². The first-order valence-electron chi connectivity index (χ1n) is 10.5. The van der Waals surface area contributed by atoms with Gasteiger partial charge in [0.25, 0.3) is 0 Å². The van der Waals surface area contributed by atoms with Crippen LogP contribution >= 0.6 is 0 Å². The average molecular weight is 485 g/mol. The number of carbonyl (C=O) groups excluding carboxylic acids is 1. The van der Waals surface area contributed by atoms with E-state index in [-0.39, 0.29) is 18.0 Å². The number of tetrazole rings is 1. The van der Waals surface area contributed by atoms with Crippen LogP contribution in [0, 0.1) is 20.8 Å². The lowest BCUT2D eigenvalue weighted by molar-refractivity contribution is -0.137. The first-order valence-corrected chi connectivity index (χ1v) is 10.5. The van der Waals surface area contributed by atoms with Crippen LogP contribution in [-0.2, 0) is 17.4 Å². The van der Waals surface area contributed by atoms with Crippen molar-refractivity contribution in [1.29, 1.82) is 0 Å². The molecule has 1 N–H and O–H groups in total. The van der Waals surface area contributed by atoms with E-state index in [1.165, 1.54) is 22.5 Å².